The van der Waals surface area contributed by atoms with E-state index in [0.29, 0.717) is 12.8 Å². The minimum absolute atomic E-state index is 0.0141. The Morgan fingerprint density at radius 3 is 2.05 bits per heavy atom. The Morgan fingerprint density at radius 2 is 1.68 bits per heavy atom. The van der Waals surface area contributed by atoms with E-state index in [1.165, 1.54) is 0 Å². The second-order valence-corrected chi connectivity index (χ2v) is 7.53. The van der Waals surface area contributed by atoms with Gasteiger partial charge in [-0.2, -0.15) is 0 Å². The van der Waals surface area contributed by atoms with Crippen LogP contribution in [-0.4, -0.2) is 41.0 Å². The molecule has 3 N–H and O–H groups in total. The molecule has 0 aliphatic carbocycles. The maximum Gasteiger partial charge on any atom is 0.407 e. The number of aliphatic carboxylic acids is 1. The first-order chi connectivity index (χ1) is 9.92. The fourth-order valence-corrected chi connectivity index (χ4v) is 2.55. The van der Waals surface area contributed by atoms with Crippen molar-refractivity contribution in [1.82, 2.24) is 5.32 Å². The summed E-state index contributed by atoms with van der Waals surface area (Å²) >= 11 is 0. The van der Waals surface area contributed by atoms with E-state index in [-0.39, 0.29) is 25.0 Å². The molecule has 0 bridgehead atoms. The molecule has 0 saturated heterocycles. The largest absolute Gasteiger partial charge is 0.481 e. The third kappa shape index (κ3) is 7.64. The smallest absolute Gasteiger partial charge is 0.407 e. The van der Waals surface area contributed by atoms with Crippen LogP contribution in [0.2, 0.25) is 0 Å². The number of hydrogen-bond acceptors (Lipinski definition) is 4. The summed E-state index contributed by atoms with van der Waals surface area (Å²) in [5, 5.41) is 21.5. The molecular formula is C16H31NO5. The molecule has 0 aliphatic rings. The Balaban J connectivity index is 5.05. The van der Waals surface area contributed by atoms with Gasteiger partial charge in [-0.15, -0.1) is 0 Å². The second-order valence-electron chi connectivity index (χ2n) is 7.53. The summed E-state index contributed by atoms with van der Waals surface area (Å²) in [5.41, 5.74) is -1.74. The predicted molar refractivity (Wildman–Crippen MR) is 84.6 cm³/mol. The van der Waals surface area contributed by atoms with Crippen LogP contribution in [0, 0.1) is 17.3 Å². The van der Waals surface area contributed by atoms with Crippen LogP contribution in [0.5, 0.6) is 0 Å². The molecule has 1 amide bonds. The molecule has 0 aromatic heterocycles. The molecular weight excluding hydrogens is 286 g/mol. The molecule has 0 fully saturated rings. The summed E-state index contributed by atoms with van der Waals surface area (Å²) in [6, 6.07) is 0. The van der Waals surface area contributed by atoms with Gasteiger partial charge in [0.1, 0.15) is 5.60 Å². The van der Waals surface area contributed by atoms with E-state index in [1.54, 1.807) is 27.7 Å². The lowest BCUT2D eigenvalue weighted by Crippen LogP contribution is -2.46. The van der Waals surface area contributed by atoms with Crippen molar-refractivity contribution in [2.75, 3.05) is 13.2 Å². The van der Waals surface area contributed by atoms with Crippen molar-refractivity contribution in [3.05, 3.63) is 0 Å². The van der Waals surface area contributed by atoms with Gasteiger partial charge < -0.3 is 20.3 Å². The lowest BCUT2D eigenvalue weighted by Gasteiger charge is -2.33. The molecule has 0 rings (SSSR count). The average molecular weight is 317 g/mol. The van der Waals surface area contributed by atoms with Crippen molar-refractivity contribution in [3.63, 3.8) is 0 Å². The number of nitrogens with one attached hydrogen (secondary N) is 1. The molecule has 2 unspecified atom stereocenters. The van der Waals surface area contributed by atoms with Crippen LogP contribution in [-0.2, 0) is 9.53 Å². The molecule has 0 heterocycles. The Morgan fingerprint density at radius 1 is 1.14 bits per heavy atom. The standard InChI is InChI=1S/C16H31NO5/c1-11(2)7-16(13(19)20,8-12(3)9-18)10-17-14(21)22-15(4,5)6/h11-12,18H,7-10H2,1-6H3,(H,17,21)(H,19,20). The van der Waals surface area contributed by atoms with Crippen LogP contribution in [0.4, 0.5) is 4.79 Å². The van der Waals surface area contributed by atoms with Gasteiger partial charge in [-0.05, 0) is 45.4 Å². The number of aliphatic hydroxyl groups is 1. The second kappa shape index (κ2) is 8.36. The topological polar surface area (TPSA) is 95.9 Å². The SMILES string of the molecule is CC(C)CC(CNC(=O)OC(C)(C)C)(CC(C)CO)C(=O)O. The Labute approximate surface area is 133 Å². The summed E-state index contributed by atoms with van der Waals surface area (Å²) in [6.07, 6.45) is 0.0912. The van der Waals surface area contributed by atoms with Gasteiger partial charge in [-0.3, -0.25) is 4.79 Å². The van der Waals surface area contributed by atoms with Gasteiger partial charge in [0.25, 0.3) is 0 Å². The van der Waals surface area contributed by atoms with Gasteiger partial charge in [-0.25, -0.2) is 4.79 Å². The Bertz CT molecular complexity index is 375. The zero-order chi connectivity index (χ0) is 17.6. The maximum atomic E-state index is 11.8. The number of carbonyl (C=O) groups excluding carboxylic acids is 1. The third-order valence-electron chi connectivity index (χ3n) is 3.27. The van der Waals surface area contributed by atoms with Crippen LogP contribution in [0.3, 0.4) is 0 Å². The van der Waals surface area contributed by atoms with Crippen LogP contribution < -0.4 is 5.32 Å². The zero-order valence-electron chi connectivity index (χ0n) is 14.6. The van der Waals surface area contributed by atoms with E-state index in [1.807, 2.05) is 13.8 Å². The molecule has 6 heteroatoms. The molecule has 0 aliphatic heterocycles. The lowest BCUT2D eigenvalue weighted by molar-refractivity contribution is -0.151. The van der Waals surface area contributed by atoms with Gasteiger partial charge in [0.15, 0.2) is 0 Å². The highest BCUT2D eigenvalue weighted by Crippen LogP contribution is 2.34. The van der Waals surface area contributed by atoms with E-state index in [2.05, 4.69) is 5.32 Å². The number of carboxylic acids is 1. The highest BCUT2D eigenvalue weighted by molar-refractivity contribution is 5.76. The summed E-state index contributed by atoms with van der Waals surface area (Å²) < 4.78 is 5.16. The summed E-state index contributed by atoms with van der Waals surface area (Å²) in [7, 11) is 0. The van der Waals surface area contributed by atoms with E-state index < -0.39 is 23.1 Å². The van der Waals surface area contributed by atoms with Gasteiger partial charge in [0, 0.05) is 13.2 Å². The summed E-state index contributed by atoms with van der Waals surface area (Å²) in [4.78, 5) is 23.6. The molecule has 130 valence electrons. The quantitative estimate of drug-likeness (QED) is 0.639. The monoisotopic (exact) mass is 317 g/mol. The Kier molecular flexibility index (Phi) is 7.87. The Hall–Kier alpha value is -1.30. The van der Waals surface area contributed by atoms with E-state index in [9.17, 15) is 19.8 Å². The molecule has 2 atom stereocenters. The average Bonchev–Trinajstić information content (AvgIpc) is 2.32. The highest BCUT2D eigenvalue weighted by Gasteiger charge is 2.40. The van der Waals surface area contributed by atoms with E-state index in [0.717, 1.165) is 0 Å². The van der Waals surface area contributed by atoms with Crippen LogP contribution in [0.25, 0.3) is 0 Å². The van der Waals surface area contributed by atoms with Crippen molar-refractivity contribution in [3.8, 4) is 0 Å². The molecule has 22 heavy (non-hydrogen) atoms. The van der Waals surface area contributed by atoms with Gasteiger partial charge >= 0.3 is 12.1 Å². The van der Waals surface area contributed by atoms with Crippen molar-refractivity contribution in [2.24, 2.45) is 17.3 Å². The van der Waals surface area contributed by atoms with Crippen molar-refractivity contribution < 1.29 is 24.5 Å². The fourth-order valence-electron chi connectivity index (χ4n) is 2.55. The predicted octanol–water partition coefficient (Wildman–Crippen LogP) is 2.65. The number of hydrogen-bond donors (Lipinski definition) is 3. The fraction of sp³-hybridized carbons (Fsp3) is 0.875. The summed E-state index contributed by atoms with van der Waals surface area (Å²) in [5.74, 6) is -0.963. The first-order valence-electron chi connectivity index (χ1n) is 7.73. The normalized spacial score (nSPS) is 16.0. The van der Waals surface area contributed by atoms with Crippen LogP contribution in [0.15, 0.2) is 0 Å². The molecule has 0 saturated carbocycles. The number of carboxylic acid groups (broad SMARTS) is 1. The van der Waals surface area contributed by atoms with Crippen molar-refractivity contribution in [1.29, 1.82) is 0 Å². The molecule has 0 aromatic carbocycles. The first kappa shape index (κ1) is 20.7. The number of amides is 1. The van der Waals surface area contributed by atoms with Gasteiger partial charge in [0.2, 0.25) is 0 Å². The molecule has 0 aromatic rings. The number of rotatable bonds is 8. The van der Waals surface area contributed by atoms with E-state index in [4.69, 9.17) is 4.74 Å². The minimum Gasteiger partial charge on any atom is -0.481 e. The van der Waals surface area contributed by atoms with Crippen LogP contribution in [0.1, 0.15) is 54.4 Å². The van der Waals surface area contributed by atoms with Crippen molar-refractivity contribution in [2.45, 2.75) is 60.0 Å². The first-order valence-corrected chi connectivity index (χ1v) is 7.73. The van der Waals surface area contributed by atoms with Crippen LogP contribution >= 0.6 is 0 Å². The van der Waals surface area contributed by atoms with Gasteiger partial charge in [-0.1, -0.05) is 20.8 Å². The van der Waals surface area contributed by atoms with Crippen molar-refractivity contribution >= 4 is 12.1 Å². The molecule has 6 nitrogen and oxygen atoms in total. The third-order valence-corrected chi connectivity index (χ3v) is 3.27. The lowest BCUT2D eigenvalue weighted by atomic mass is 9.74. The number of aliphatic hydroxyl groups excluding tert-OH is 1. The van der Waals surface area contributed by atoms with Gasteiger partial charge in [0.05, 0.1) is 5.41 Å². The molecule has 0 spiro atoms. The molecule has 0 radical (unpaired) electrons. The zero-order valence-corrected chi connectivity index (χ0v) is 14.6. The maximum absolute atomic E-state index is 11.8. The number of alkyl carbamates (subject to hydrolysis) is 1. The minimum atomic E-state index is -1.10. The number of ether oxygens (including phenoxy) is 1. The highest BCUT2D eigenvalue weighted by atomic mass is 16.6. The summed E-state index contributed by atoms with van der Waals surface area (Å²) in [6.45, 7) is 10.8. The van der Waals surface area contributed by atoms with E-state index >= 15 is 0 Å². The number of carbonyl (C=O) groups is 2.